The third kappa shape index (κ3) is 4.58. The number of aromatic nitrogens is 2. The molecule has 1 aliphatic heterocycles. The Hall–Kier alpha value is -3.68. The van der Waals surface area contributed by atoms with Crippen LogP contribution in [0.25, 0.3) is 11.5 Å². The molecule has 31 heavy (non-hydrogen) atoms. The molecule has 8 nitrogen and oxygen atoms in total. The Balaban J connectivity index is 1.37. The highest BCUT2D eigenvalue weighted by atomic mass is 16.5. The topological polar surface area (TPSA) is 88.8 Å². The number of ether oxygens (including phenoxy) is 1. The van der Waals surface area contributed by atoms with Gasteiger partial charge in [-0.3, -0.25) is 9.59 Å². The predicted molar refractivity (Wildman–Crippen MR) is 114 cm³/mol. The van der Waals surface area contributed by atoms with Gasteiger partial charge in [-0.1, -0.05) is 29.4 Å². The molecular weight excluding hydrogens is 396 g/mol. The molecule has 2 amide bonds. The van der Waals surface area contributed by atoms with Gasteiger partial charge in [0.25, 0.3) is 11.8 Å². The summed E-state index contributed by atoms with van der Waals surface area (Å²) in [5, 5.41) is 3.94. The van der Waals surface area contributed by atoms with E-state index < -0.39 is 0 Å². The van der Waals surface area contributed by atoms with Gasteiger partial charge in [0.1, 0.15) is 5.75 Å². The first-order valence-electron chi connectivity index (χ1n) is 10.2. The summed E-state index contributed by atoms with van der Waals surface area (Å²) in [5.41, 5.74) is 1.39. The maximum absolute atomic E-state index is 12.9. The molecule has 2 aromatic carbocycles. The van der Waals surface area contributed by atoms with Crippen LogP contribution in [0.2, 0.25) is 0 Å². The highest BCUT2D eigenvalue weighted by Gasteiger charge is 2.31. The van der Waals surface area contributed by atoms with Crippen LogP contribution in [0, 0.1) is 0 Å². The van der Waals surface area contributed by atoms with Crippen molar-refractivity contribution in [3.05, 3.63) is 66.0 Å². The van der Waals surface area contributed by atoms with Crippen LogP contribution in [0.5, 0.6) is 5.75 Å². The maximum atomic E-state index is 12.9. The smallest absolute Gasteiger partial charge is 0.257 e. The summed E-state index contributed by atoms with van der Waals surface area (Å²) < 4.78 is 10.5. The fourth-order valence-electron chi connectivity index (χ4n) is 3.68. The number of hydrogen-bond donors (Lipinski definition) is 0. The van der Waals surface area contributed by atoms with Gasteiger partial charge in [0, 0.05) is 36.8 Å². The summed E-state index contributed by atoms with van der Waals surface area (Å²) in [6.45, 7) is 3.32. The van der Waals surface area contributed by atoms with Gasteiger partial charge < -0.3 is 19.1 Å². The minimum absolute atomic E-state index is 0.0624. The molecule has 0 radical (unpaired) electrons. The standard InChI is InChI=1S/C23H24N4O4/c1-16-15-26(11-12-27(16)23(29)18-9-6-10-19(13-18)30-2)21(28)14-20-24-22(31-25-20)17-7-4-3-5-8-17/h3-10,13,16H,11-12,14-15H2,1-2H3. The van der Waals surface area contributed by atoms with Gasteiger partial charge in [0.15, 0.2) is 5.82 Å². The van der Waals surface area contributed by atoms with E-state index in [1.165, 1.54) is 0 Å². The van der Waals surface area contributed by atoms with Crippen LogP contribution in [0.3, 0.4) is 0 Å². The van der Waals surface area contributed by atoms with E-state index >= 15 is 0 Å². The zero-order valence-corrected chi connectivity index (χ0v) is 17.5. The average Bonchev–Trinajstić information content (AvgIpc) is 3.27. The fraction of sp³-hybridized carbons (Fsp3) is 0.304. The summed E-state index contributed by atoms with van der Waals surface area (Å²) >= 11 is 0. The fourth-order valence-corrected chi connectivity index (χ4v) is 3.68. The second kappa shape index (κ2) is 8.99. The molecule has 1 fully saturated rings. The van der Waals surface area contributed by atoms with Crippen molar-refractivity contribution >= 4 is 11.8 Å². The van der Waals surface area contributed by atoms with Crippen LogP contribution < -0.4 is 4.74 Å². The number of methoxy groups -OCH3 is 1. The number of piperazine rings is 1. The van der Waals surface area contributed by atoms with Crippen LogP contribution in [0.15, 0.2) is 59.1 Å². The van der Waals surface area contributed by atoms with Gasteiger partial charge in [-0.2, -0.15) is 4.98 Å². The Morgan fingerprint density at radius 1 is 1.13 bits per heavy atom. The van der Waals surface area contributed by atoms with Crippen molar-refractivity contribution < 1.29 is 18.8 Å². The first-order chi connectivity index (χ1) is 15.0. The Kier molecular flexibility index (Phi) is 5.97. The molecule has 1 unspecified atom stereocenters. The average molecular weight is 420 g/mol. The second-order valence-electron chi connectivity index (χ2n) is 7.48. The summed E-state index contributed by atoms with van der Waals surface area (Å²) in [4.78, 5) is 33.6. The minimum Gasteiger partial charge on any atom is -0.497 e. The van der Waals surface area contributed by atoms with Crippen molar-refractivity contribution in [2.24, 2.45) is 0 Å². The summed E-state index contributed by atoms with van der Waals surface area (Å²) in [7, 11) is 1.57. The lowest BCUT2D eigenvalue weighted by Gasteiger charge is -2.39. The number of carbonyl (C=O) groups excluding carboxylic acids is 2. The zero-order chi connectivity index (χ0) is 21.8. The van der Waals surface area contributed by atoms with Gasteiger partial charge in [-0.25, -0.2) is 0 Å². The Morgan fingerprint density at radius 2 is 1.94 bits per heavy atom. The molecule has 0 N–H and O–H groups in total. The summed E-state index contributed by atoms with van der Waals surface area (Å²) in [6.07, 6.45) is 0.0624. The first-order valence-corrected chi connectivity index (χ1v) is 10.2. The Morgan fingerprint density at radius 3 is 2.68 bits per heavy atom. The molecule has 3 aromatic rings. The number of nitrogens with zero attached hydrogens (tertiary/aromatic N) is 4. The number of hydrogen-bond acceptors (Lipinski definition) is 6. The Bertz CT molecular complexity index is 1070. The molecule has 8 heteroatoms. The second-order valence-corrected chi connectivity index (χ2v) is 7.48. The van der Waals surface area contributed by atoms with Gasteiger partial charge in [0.2, 0.25) is 5.91 Å². The summed E-state index contributed by atoms with van der Waals surface area (Å²) in [6, 6.07) is 16.4. The van der Waals surface area contributed by atoms with Crippen LogP contribution in [0.1, 0.15) is 23.1 Å². The number of rotatable bonds is 5. The molecule has 0 aliphatic carbocycles. The van der Waals surface area contributed by atoms with Crippen molar-refractivity contribution in [3.63, 3.8) is 0 Å². The first kappa shape index (κ1) is 20.6. The molecule has 4 rings (SSSR count). The molecule has 1 aliphatic rings. The van der Waals surface area contributed by atoms with Crippen molar-refractivity contribution in [1.29, 1.82) is 0 Å². The zero-order valence-electron chi connectivity index (χ0n) is 17.5. The monoisotopic (exact) mass is 420 g/mol. The largest absolute Gasteiger partial charge is 0.497 e. The normalized spacial score (nSPS) is 16.3. The van der Waals surface area contributed by atoms with Crippen molar-refractivity contribution in [1.82, 2.24) is 19.9 Å². The van der Waals surface area contributed by atoms with E-state index in [1.807, 2.05) is 37.3 Å². The molecule has 0 spiro atoms. The van der Waals surface area contributed by atoms with E-state index in [2.05, 4.69) is 10.1 Å². The van der Waals surface area contributed by atoms with E-state index in [0.29, 0.717) is 42.7 Å². The third-order valence-electron chi connectivity index (χ3n) is 5.36. The molecular formula is C23H24N4O4. The van der Waals surface area contributed by atoms with E-state index in [4.69, 9.17) is 9.26 Å². The highest BCUT2D eigenvalue weighted by Crippen LogP contribution is 2.19. The van der Waals surface area contributed by atoms with E-state index in [9.17, 15) is 9.59 Å². The molecule has 160 valence electrons. The lowest BCUT2D eigenvalue weighted by Crippen LogP contribution is -2.55. The lowest BCUT2D eigenvalue weighted by molar-refractivity contribution is -0.133. The predicted octanol–water partition coefficient (Wildman–Crippen LogP) is 2.66. The van der Waals surface area contributed by atoms with Gasteiger partial charge in [0.05, 0.1) is 13.5 Å². The number of amides is 2. The summed E-state index contributed by atoms with van der Waals surface area (Å²) in [5.74, 6) is 1.24. The molecule has 1 saturated heterocycles. The molecule has 0 bridgehead atoms. The van der Waals surface area contributed by atoms with Crippen molar-refractivity contribution in [2.75, 3.05) is 26.7 Å². The van der Waals surface area contributed by atoms with Gasteiger partial charge in [-0.05, 0) is 37.3 Å². The van der Waals surface area contributed by atoms with Crippen LogP contribution >= 0.6 is 0 Å². The minimum atomic E-state index is -0.110. The highest BCUT2D eigenvalue weighted by molar-refractivity contribution is 5.95. The van der Waals surface area contributed by atoms with Crippen LogP contribution in [-0.2, 0) is 11.2 Å². The Labute approximate surface area is 180 Å². The third-order valence-corrected chi connectivity index (χ3v) is 5.36. The van der Waals surface area contributed by atoms with E-state index in [-0.39, 0.29) is 24.3 Å². The number of benzene rings is 2. The maximum Gasteiger partial charge on any atom is 0.257 e. The van der Waals surface area contributed by atoms with Crippen molar-refractivity contribution in [3.8, 4) is 17.2 Å². The SMILES string of the molecule is COc1cccc(C(=O)N2CCN(C(=O)Cc3noc(-c4ccccc4)n3)CC2C)c1. The lowest BCUT2D eigenvalue weighted by atomic mass is 10.1. The number of carbonyl (C=O) groups is 2. The van der Waals surface area contributed by atoms with Gasteiger partial charge in [-0.15, -0.1) is 0 Å². The van der Waals surface area contributed by atoms with E-state index in [1.54, 1.807) is 41.2 Å². The van der Waals surface area contributed by atoms with E-state index in [0.717, 1.165) is 5.56 Å². The van der Waals surface area contributed by atoms with Crippen LogP contribution in [0.4, 0.5) is 0 Å². The quantitative estimate of drug-likeness (QED) is 0.631. The van der Waals surface area contributed by atoms with Crippen molar-refractivity contribution in [2.45, 2.75) is 19.4 Å². The van der Waals surface area contributed by atoms with Crippen LogP contribution in [-0.4, -0.2) is 64.5 Å². The molecule has 0 saturated carbocycles. The molecule has 1 atom stereocenters. The molecule has 2 heterocycles. The molecule has 1 aromatic heterocycles. The van der Waals surface area contributed by atoms with Gasteiger partial charge >= 0.3 is 0 Å².